The Hall–Kier alpha value is -2.03. The van der Waals surface area contributed by atoms with Crippen LogP contribution in [0.15, 0.2) is 35.2 Å². The van der Waals surface area contributed by atoms with Crippen LogP contribution in [0.2, 0.25) is 0 Å². The van der Waals surface area contributed by atoms with Crippen molar-refractivity contribution < 1.29 is 14.0 Å². The van der Waals surface area contributed by atoms with Crippen LogP contribution in [-0.4, -0.2) is 58.7 Å². The third-order valence-electron chi connectivity index (χ3n) is 5.43. The lowest BCUT2D eigenvalue weighted by atomic mass is 10.1. The van der Waals surface area contributed by atoms with E-state index >= 15 is 0 Å². The van der Waals surface area contributed by atoms with E-state index in [1.165, 1.54) is 0 Å². The van der Waals surface area contributed by atoms with Gasteiger partial charge in [0.1, 0.15) is 17.5 Å². The number of hydrogen-bond acceptors (Lipinski definition) is 7. The van der Waals surface area contributed by atoms with Crippen LogP contribution in [0.25, 0.3) is 0 Å². The summed E-state index contributed by atoms with van der Waals surface area (Å²) < 4.78 is 21.9. The van der Waals surface area contributed by atoms with Gasteiger partial charge < -0.3 is 19.7 Å². The van der Waals surface area contributed by atoms with Gasteiger partial charge in [-0.25, -0.2) is 4.98 Å². The lowest BCUT2D eigenvalue weighted by Crippen LogP contribution is -2.54. The summed E-state index contributed by atoms with van der Waals surface area (Å²) in [6.07, 6.45) is 2.89. The van der Waals surface area contributed by atoms with E-state index in [2.05, 4.69) is 10.2 Å². The SMILES string of the molecule is O[S+]1CCc2nc(N3CC(Oc4ccccc4)C3)nc(NC3CCOCC3)c21. The lowest BCUT2D eigenvalue weighted by Gasteiger charge is -2.39. The molecule has 0 spiro atoms. The van der Waals surface area contributed by atoms with Crippen LogP contribution in [0.1, 0.15) is 18.5 Å². The highest BCUT2D eigenvalue weighted by Gasteiger charge is 2.40. The summed E-state index contributed by atoms with van der Waals surface area (Å²) in [6, 6.07) is 10.2. The molecular formula is C20H25N4O3S+. The highest BCUT2D eigenvalue weighted by atomic mass is 32.2. The number of nitrogens with one attached hydrogen (secondary N) is 1. The van der Waals surface area contributed by atoms with Gasteiger partial charge in [-0.05, 0) is 25.0 Å². The van der Waals surface area contributed by atoms with Crippen LogP contribution < -0.4 is 15.0 Å². The first-order chi connectivity index (χ1) is 13.8. The highest BCUT2D eigenvalue weighted by molar-refractivity contribution is 7.92. The molecule has 1 atom stereocenters. The minimum Gasteiger partial charge on any atom is -0.487 e. The van der Waals surface area contributed by atoms with Gasteiger partial charge in [-0.1, -0.05) is 18.2 Å². The molecule has 28 heavy (non-hydrogen) atoms. The third-order valence-corrected chi connectivity index (χ3v) is 6.92. The monoisotopic (exact) mass is 401 g/mol. The first-order valence-electron chi connectivity index (χ1n) is 9.88. The van der Waals surface area contributed by atoms with Crippen molar-refractivity contribution in [2.75, 3.05) is 42.3 Å². The normalized spacial score (nSPS) is 22.6. The first kappa shape index (κ1) is 18.0. The number of aryl methyl sites for hydroxylation is 1. The molecule has 0 aliphatic carbocycles. The van der Waals surface area contributed by atoms with E-state index in [-0.39, 0.29) is 6.10 Å². The van der Waals surface area contributed by atoms with Crippen molar-refractivity contribution in [3.63, 3.8) is 0 Å². The summed E-state index contributed by atoms with van der Waals surface area (Å²) in [5.74, 6) is 3.19. The molecule has 0 radical (unpaired) electrons. The average Bonchev–Trinajstić information content (AvgIpc) is 3.07. The Morgan fingerprint density at radius 2 is 1.93 bits per heavy atom. The molecule has 2 saturated heterocycles. The summed E-state index contributed by atoms with van der Waals surface area (Å²) >= 11 is -0.765. The fourth-order valence-electron chi connectivity index (χ4n) is 3.84. The molecule has 1 unspecified atom stereocenters. The van der Waals surface area contributed by atoms with Crippen molar-refractivity contribution in [3.05, 3.63) is 36.0 Å². The second-order valence-electron chi connectivity index (χ2n) is 7.46. The minimum atomic E-state index is -0.765. The second-order valence-corrected chi connectivity index (χ2v) is 9.00. The molecular weight excluding hydrogens is 376 g/mol. The molecule has 2 N–H and O–H groups in total. The zero-order valence-corrected chi connectivity index (χ0v) is 16.5. The second kappa shape index (κ2) is 7.77. The van der Waals surface area contributed by atoms with Crippen molar-refractivity contribution in [1.82, 2.24) is 9.97 Å². The van der Waals surface area contributed by atoms with Gasteiger partial charge in [0.25, 0.3) is 4.90 Å². The van der Waals surface area contributed by atoms with E-state index in [0.717, 1.165) is 79.4 Å². The van der Waals surface area contributed by atoms with Crippen LogP contribution >= 0.6 is 0 Å². The predicted octanol–water partition coefficient (Wildman–Crippen LogP) is 2.34. The molecule has 3 aliphatic heterocycles. The lowest BCUT2D eigenvalue weighted by molar-refractivity contribution is 0.0903. The van der Waals surface area contributed by atoms with Gasteiger partial charge in [-0.15, -0.1) is 0 Å². The highest BCUT2D eigenvalue weighted by Crippen LogP contribution is 2.34. The van der Waals surface area contributed by atoms with E-state index in [1.807, 2.05) is 30.3 Å². The minimum absolute atomic E-state index is 0.152. The van der Waals surface area contributed by atoms with Crippen LogP contribution in [-0.2, 0) is 22.3 Å². The summed E-state index contributed by atoms with van der Waals surface area (Å²) in [4.78, 5) is 12.6. The fraction of sp³-hybridized carbons (Fsp3) is 0.500. The molecule has 0 saturated carbocycles. The van der Waals surface area contributed by atoms with E-state index in [1.54, 1.807) is 0 Å². The Bertz CT molecular complexity index is 826. The number of fused-ring (bicyclic) bond motifs is 1. The number of rotatable bonds is 5. The van der Waals surface area contributed by atoms with Crippen molar-refractivity contribution in [3.8, 4) is 5.75 Å². The maximum absolute atomic E-state index is 10.4. The van der Waals surface area contributed by atoms with Crippen LogP contribution in [0, 0.1) is 0 Å². The molecule has 7 nitrogen and oxygen atoms in total. The Morgan fingerprint density at radius 3 is 2.71 bits per heavy atom. The summed E-state index contributed by atoms with van der Waals surface area (Å²) in [6.45, 7) is 3.09. The molecule has 2 aromatic rings. The molecule has 8 heteroatoms. The van der Waals surface area contributed by atoms with E-state index in [0.29, 0.717) is 6.04 Å². The predicted molar refractivity (Wildman–Crippen MR) is 109 cm³/mol. The van der Waals surface area contributed by atoms with Gasteiger partial charge in [0, 0.05) is 25.7 Å². The molecule has 0 bridgehead atoms. The number of anilines is 2. The number of para-hydroxylation sites is 1. The number of aromatic nitrogens is 2. The average molecular weight is 402 g/mol. The maximum Gasteiger partial charge on any atom is 0.253 e. The van der Waals surface area contributed by atoms with Crippen LogP contribution in [0.3, 0.4) is 0 Å². The number of hydrogen-bond donors (Lipinski definition) is 2. The van der Waals surface area contributed by atoms with Crippen molar-refractivity contribution in [1.29, 1.82) is 0 Å². The standard InChI is InChI=1S/C20H25N4O3S/c25-28-11-8-17-18(28)19(21-14-6-9-26-10-7-14)23-20(22-17)24-12-16(13-24)27-15-4-2-1-3-5-15/h1-5,14,16,25H,6-13H2,(H,21,22,23)/q+1. The summed E-state index contributed by atoms with van der Waals surface area (Å²) in [7, 11) is 0. The number of nitrogens with zero attached hydrogens (tertiary/aromatic N) is 3. The maximum atomic E-state index is 10.4. The molecule has 5 rings (SSSR count). The number of benzene rings is 1. The van der Waals surface area contributed by atoms with Gasteiger partial charge in [0.05, 0.1) is 13.1 Å². The molecule has 1 aromatic heterocycles. The zero-order valence-electron chi connectivity index (χ0n) is 15.7. The molecule has 1 aromatic carbocycles. The van der Waals surface area contributed by atoms with E-state index in [9.17, 15) is 4.55 Å². The van der Waals surface area contributed by atoms with E-state index < -0.39 is 11.2 Å². The van der Waals surface area contributed by atoms with Crippen LogP contribution in [0.5, 0.6) is 5.75 Å². The van der Waals surface area contributed by atoms with Crippen molar-refractivity contribution in [2.24, 2.45) is 0 Å². The number of ether oxygens (including phenoxy) is 2. The molecule has 4 heterocycles. The Kier molecular flexibility index (Phi) is 5.00. The molecule has 0 amide bonds. The molecule has 3 aliphatic rings. The molecule has 2 fully saturated rings. The quantitative estimate of drug-likeness (QED) is 0.745. The van der Waals surface area contributed by atoms with Gasteiger partial charge in [-0.2, -0.15) is 9.54 Å². The van der Waals surface area contributed by atoms with Gasteiger partial charge in [0.2, 0.25) is 5.95 Å². The Morgan fingerprint density at radius 1 is 1.14 bits per heavy atom. The third kappa shape index (κ3) is 3.64. The van der Waals surface area contributed by atoms with Crippen molar-refractivity contribution in [2.45, 2.75) is 36.3 Å². The summed E-state index contributed by atoms with van der Waals surface area (Å²) in [5.41, 5.74) is 0.984. The smallest absolute Gasteiger partial charge is 0.253 e. The van der Waals surface area contributed by atoms with Gasteiger partial charge in [0.15, 0.2) is 22.7 Å². The first-order valence-corrected chi connectivity index (χ1v) is 11.2. The molecule has 148 valence electrons. The summed E-state index contributed by atoms with van der Waals surface area (Å²) in [5, 5.41) is 3.56. The largest absolute Gasteiger partial charge is 0.487 e. The topological polar surface area (TPSA) is 79.7 Å². The van der Waals surface area contributed by atoms with Gasteiger partial charge >= 0.3 is 0 Å². The fourth-order valence-corrected chi connectivity index (χ4v) is 5.18. The van der Waals surface area contributed by atoms with E-state index in [4.69, 9.17) is 19.4 Å². The Balaban J connectivity index is 1.31. The van der Waals surface area contributed by atoms with Crippen molar-refractivity contribution >= 4 is 22.9 Å². The Labute approximate surface area is 167 Å². The van der Waals surface area contributed by atoms with Gasteiger partial charge in [-0.3, -0.25) is 0 Å². The van der Waals surface area contributed by atoms with Crippen LogP contribution in [0.4, 0.5) is 11.8 Å². The zero-order chi connectivity index (χ0) is 18.9.